The van der Waals surface area contributed by atoms with Gasteiger partial charge in [0.05, 0.1) is 11.0 Å². The maximum absolute atomic E-state index is 12.8. The molecule has 6 rings (SSSR count). The molecule has 3 N–H and O–H groups in total. The Kier molecular flexibility index (Phi) is 4.83. The lowest BCUT2D eigenvalue weighted by Gasteiger charge is -2.24. The van der Waals surface area contributed by atoms with E-state index >= 15 is 0 Å². The summed E-state index contributed by atoms with van der Waals surface area (Å²) in [7, 11) is -3.98. The van der Waals surface area contributed by atoms with E-state index in [4.69, 9.17) is 4.18 Å². The molecule has 9 heteroatoms. The molecule has 0 spiro atoms. The van der Waals surface area contributed by atoms with Crippen molar-refractivity contribution in [3.8, 4) is 5.75 Å². The molecule has 8 nitrogen and oxygen atoms in total. The van der Waals surface area contributed by atoms with E-state index < -0.39 is 10.1 Å². The van der Waals surface area contributed by atoms with Gasteiger partial charge >= 0.3 is 10.1 Å². The van der Waals surface area contributed by atoms with E-state index in [1.54, 1.807) is 42.5 Å². The molecule has 3 saturated carbocycles. The smallest absolute Gasteiger partial charge is 0.339 e. The maximum Gasteiger partial charge on any atom is 0.339 e. The number of carbonyl (C=O) groups is 1. The number of benzene rings is 2. The van der Waals surface area contributed by atoms with E-state index in [1.807, 2.05) is 0 Å². The highest BCUT2D eigenvalue weighted by Gasteiger charge is 2.39. The molecule has 1 aromatic heterocycles. The first kappa shape index (κ1) is 20.5. The summed E-state index contributed by atoms with van der Waals surface area (Å²) in [5, 5.41) is 6.33. The quantitative estimate of drug-likeness (QED) is 0.448. The van der Waals surface area contributed by atoms with Gasteiger partial charge in [-0.1, -0.05) is 6.42 Å². The first-order valence-corrected chi connectivity index (χ1v) is 13.0. The fraction of sp³-hybridized carbons (Fsp3) is 0.417. The van der Waals surface area contributed by atoms with Crippen LogP contribution in [0.4, 0.5) is 11.6 Å². The van der Waals surface area contributed by atoms with Crippen LogP contribution in [0.15, 0.2) is 47.4 Å². The summed E-state index contributed by atoms with van der Waals surface area (Å²) in [5.74, 6) is 2.12. The predicted molar refractivity (Wildman–Crippen MR) is 125 cm³/mol. The van der Waals surface area contributed by atoms with Crippen LogP contribution in [-0.2, 0) is 14.9 Å². The van der Waals surface area contributed by atoms with Crippen molar-refractivity contribution in [3.63, 3.8) is 0 Å². The third kappa shape index (κ3) is 4.17. The first-order valence-electron chi connectivity index (χ1n) is 11.5. The van der Waals surface area contributed by atoms with Crippen LogP contribution in [0, 0.1) is 17.8 Å². The zero-order chi connectivity index (χ0) is 22.6. The van der Waals surface area contributed by atoms with Gasteiger partial charge in [-0.25, -0.2) is 4.98 Å². The number of carbonyl (C=O) groups excluding carboxylic acids is 1. The topological polar surface area (TPSA) is 113 Å². The van der Waals surface area contributed by atoms with Gasteiger partial charge in [-0.15, -0.1) is 0 Å². The summed E-state index contributed by atoms with van der Waals surface area (Å²) < 4.78 is 31.0. The van der Waals surface area contributed by atoms with Crippen molar-refractivity contribution >= 4 is 38.7 Å². The Balaban J connectivity index is 1.14. The lowest BCUT2D eigenvalue weighted by atomic mass is 9.95. The van der Waals surface area contributed by atoms with Gasteiger partial charge in [0.25, 0.3) is 0 Å². The summed E-state index contributed by atoms with van der Waals surface area (Å²) in [6.07, 6.45) is 6.96. The Bertz CT molecular complexity index is 1310. The third-order valence-corrected chi connectivity index (χ3v) is 8.34. The van der Waals surface area contributed by atoms with Gasteiger partial charge < -0.3 is 14.5 Å². The molecule has 1 heterocycles. The van der Waals surface area contributed by atoms with Crippen molar-refractivity contribution in [1.82, 2.24) is 9.97 Å². The molecule has 0 radical (unpaired) electrons. The number of nitrogens with one attached hydrogen (secondary N) is 3. The number of aromatic nitrogens is 2. The Morgan fingerprint density at radius 1 is 1.03 bits per heavy atom. The van der Waals surface area contributed by atoms with Gasteiger partial charge in [0.15, 0.2) is 0 Å². The van der Waals surface area contributed by atoms with Gasteiger partial charge in [-0.2, -0.15) is 8.42 Å². The lowest BCUT2D eigenvalue weighted by Crippen LogP contribution is -2.25. The van der Waals surface area contributed by atoms with Crippen molar-refractivity contribution < 1.29 is 17.4 Å². The van der Waals surface area contributed by atoms with E-state index in [0.29, 0.717) is 23.0 Å². The predicted octanol–water partition coefficient (Wildman–Crippen LogP) is 4.28. The largest absolute Gasteiger partial charge is 0.382 e. The van der Waals surface area contributed by atoms with Crippen LogP contribution in [-0.4, -0.2) is 30.3 Å². The molecule has 3 fully saturated rings. The molecule has 1 amide bonds. The molecular weight excluding hydrogens is 440 g/mol. The maximum atomic E-state index is 12.8. The number of aromatic amines is 1. The lowest BCUT2D eigenvalue weighted by molar-refractivity contribution is -0.117. The standard InChI is InChI=1S/C24H26N4O4S/c29-23(15-3-4-15)28-24-26-20-10-7-18(13-22(20)27-24)32-33(30,31)19-8-5-17(6-9-19)25-21-12-14-1-2-16(21)11-14/h5-10,13-16,21,25H,1-4,11-12H2,(H2,26,27,28,29). The summed E-state index contributed by atoms with van der Waals surface area (Å²) in [6.45, 7) is 0. The molecule has 172 valence electrons. The minimum absolute atomic E-state index is 0.0496. The molecule has 3 aromatic rings. The van der Waals surface area contributed by atoms with Crippen LogP contribution in [0.25, 0.3) is 11.0 Å². The average Bonchev–Trinajstić information content (AvgIpc) is 3.25. The highest BCUT2D eigenvalue weighted by molar-refractivity contribution is 7.87. The molecule has 0 saturated heterocycles. The first-order chi connectivity index (χ1) is 15.9. The molecule has 0 aliphatic heterocycles. The highest BCUT2D eigenvalue weighted by Crippen LogP contribution is 2.45. The van der Waals surface area contributed by atoms with Gasteiger partial charge in [-0.3, -0.25) is 10.1 Å². The Morgan fingerprint density at radius 3 is 2.55 bits per heavy atom. The monoisotopic (exact) mass is 466 g/mol. The number of imidazole rings is 1. The molecule has 33 heavy (non-hydrogen) atoms. The summed E-state index contributed by atoms with van der Waals surface area (Å²) in [4.78, 5) is 19.4. The number of rotatable bonds is 7. The summed E-state index contributed by atoms with van der Waals surface area (Å²) in [5.41, 5.74) is 2.13. The van der Waals surface area contributed by atoms with Gasteiger partial charge in [0, 0.05) is 23.7 Å². The molecule has 2 bridgehead atoms. The van der Waals surface area contributed by atoms with Crippen LogP contribution >= 0.6 is 0 Å². The van der Waals surface area contributed by atoms with Crippen LogP contribution in [0.1, 0.15) is 38.5 Å². The van der Waals surface area contributed by atoms with Crippen LogP contribution in [0.5, 0.6) is 5.75 Å². The molecule has 3 aliphatic carbocycles. The Labute approximate surface area is 192 Å². The number of anilines is 2. The van der Waals surface area contributed by atoms with Crippen LogP contribution in [0.2, 0.25) is 0 Å². The number of fused-ring (bicyclic) bond motifs is 3. The zero-order valence-corrected chi connectivity index (χ0v) is 18.9. The van der Waals surface area contributed by atoms with Crippen molar-refractivity contribution in [1.29, 1.82) is 0 Å². The zero-order valence-electron chi connectivity index (χ0n) is 18.1. The van der Waals surface area contributed by atoms with Gasteiger partial charge in [0.1, 0.15) is 10.6 Å². The van der Waals surface area contributed by atoms with Crippen molar-refractivity contribution in [2.24, 2.45) is 17.8 Å². The van der Waals surface area contributed by atoms with E-state index in [-0.39, 0.29) is 22.5 Å². The minimum atomic E-state index is -3.98. The van der Waals surface area contributed by atoms with E-state index in [2.05, 4.69) is 20.6 Å². The fourth-order valence-corrected chi connectivity index (χ4v) is 6.11. The minimum Gasteiger partial charge on any atom is -0.382 e. The van der Waals surface area contributed by atoms with Crippen molar-refractivity contribution in [2.75, 3.05) is 10.6 Å². The SMILES string of the molecule is O=C(Nc1nc2ccc(OS(=O)(=O)c3ccc(NC4CC5CCC4C5)cc3)cc2[nH]1)C1CC1. The highest BCUT2D eigenvalue weighted by atomic mass is 32.2. The van der Waals surface area contributed by atoms with Crippen LogP contribution in [0.3, 0.4) is 0 Å². The second-order valence-corrected chi connectivity index (χ2v) is 11.1. The molecule has 3 unspecified atom stereocenters. The molecular formula is C24H26N4O4S. The summed E-state index contributed by atoms with van der Waals surface area (Å²) in [6, 6.07) is 12.0. The molecule has 3 aliphatic rings. The number of H-pyrrole nitrogens is 1. The van der Waals surface area contributed by atoms with Gasteiger partial charge in [-0.05, 0) is 80.3 Å². The average molecular weight is 467 g/mol. The number of amides is 1. The van der Waals surface area contributed by atoms with Crippen molar-refractivity contribution in [3.05, 3.63) is 42.5 Å². The molecule has 3 atom stereocenters. The molecule has 2 aromatic carbocycles. The second-order valence-electron chi connectivity index (χ2n) is 9.52. The van der Waals surface area contributed by atoms with Crippen molar-refractivity contribution in [2.45, 2.75) is 49.5 Å². The number of hydrogen-bond acceptors (Lipinski definition) is 6. The number of nitrogens with zero attached hydrogens (tertiary/aromatic N) is 1. The Hall–Kier alpha value is -3.07. The van der Waals surface area contributed by atoms with E-state index in [1.165, 1.54) is 25.7 Å². The van der Waals surface area contributed by atoms with E-state index in [9.17, 15) is 13.2 Å². The second kappa shape index (κ2) is 7.76. The fourth-order valence-electron chi connectivity index (χ4n) is 5.19. The van der Waals surface area contributed by atoms with E-state index in [0.717, 1.165) is 30.4 Å². The normalized spacial score (nSPS) is 24.2. The number of hydrogen-bond donors (Lipinski definition) is 3. The van der Waals surface area contributed by atoms with Crippen LogP contribution < -0.4 is 14.8 Å². The third-order valence-electron chi connectivity index (χ3n) is 7.08. The Morgan fingerprint density at radius 2 is 1.85 bits per heavy atom. The summed E-state index contributed by atoms with van der Waals surface area (Å²) >= 11 is 0. The van der Waals surface area contributed by atoms with Gasteiger partial charge in [0.2, 0.25) is 11.9 Å².